The Morgan fingerprint density at radius 2 is 2.00 bits per heavy atom. The van der Waals surface area contributed by atoms with Gasteiger partial charge in [-0.15, -0.1) is 0 Å². The van der Waals surface area contributed by atoms with E-state index in [0.29, 0.717) is 12.1 Å². The number of hydrogen-bond donors (Lipinski definition) is 4. The third-order valence-electron chi connectivity index (χ3n) is 1.99. The maximum Gasteiger partial charge on any atom is 0.298 e. The highest BCUT2D eigenvalue weighted by Crippen LogP contribution is 2.11. The minimum Gasteiger partial charge on any atom is -0.409 e. The normalized spacial score (nSPS) is 12.4. The van der Waals surface area contributed by atoms with E-state index in [1.165, 1.54) is 7.05 Å². The molecule has 0 fully saturated rings. The number of rotatable bonds is 5. The van der Waals surface area contributed by atoms with Crippen LogP contribution in [0, 0.1) is 0 Å². The smallest absolute Gasteiger partial charge is 0.298 e. The van der Waals surface area contributed by atoms with Crippen molar-refractivity contribution in [1.29, 1.82) is 0 Å². The Balaban J connectivity index is 2.75. The van der Waals surface area contributed by atoms with E-state index in [1.54, 1.807) is 24.3 Å². The molecule has 94 valence electrons. The summed E-state index contributed by atoms with van der Waals surface area (Å²) >= 11 is 0. The Hall–Kier alpha value is -1.80. The summed E-state index contributed by atoms with van der Waals surface area (Å²) in [6.45, 7) is 0. The van der Waals surface area contributed by atoms with Crippen LogP contribution in [0.2, 0.25) is 0 Å². The number of anilines is 1. The number of amidine groups is 1. The molecule has 0 amide bonds. The van der Waals surface area contributed by atoms with Crippen molar-refractivity contribution >= 4 is 21.7 Å². The van der Waals surface area contributed by atoms with Gasteiger partial charge < -0.3 is 10.9 Å². The molecule has 7 nitrogen and oxygen atoms in total. The van der Waals surface area contributed by atoms with Crippen molar-refractivity contribution < 1.29 is 13.6 Å². The first-order valence-electron chi connectivity index (χ1n) is 4.73. The molecule has 0 aliphatic carbocycles. The van der Waals surface area contributed by atoms with E-state index in [4.69, 9.17) is 10.9 Å². The van der Waals surface area contributed by atoms with E-state index >= 15 is 0 Å². The maximum atomic E-state index is 11.2. The van der Waals surface area contributed by atoms with Crippen LogP contribution < -0.4 is 15.2 Å². The predicted octanol–water partition coefficient (Wildman–Crippen LogP) is -0.148. The molecule has 0 aromatic heterocycles. The average Bonchev–Trinajstić information content (AvgIpc) is 2.31. The van der Waals surface area contributed by atoms with Crippen molar-refractivity contribution in [2.75, 3.05) is 11.8 Å². The monoisotopic (exact) mass is 258 g/mol. The van der Waals surface area contributed by atoms with Gasteiger partial charge in [0, 0.05) is 19.2 Å². The second kappa shape index (κ2) is 5.51. The number of nitrogens with zero attached hydrogens (tertiary/aromatic N) is 1. The zero-order valence-electron chi connectivity index (χ0n) is 9.21. The van der Waals surface area contributed by atoms with Gasteiger partial charge in [0.15, 0.2) is 0 Å². The van der Waals surface area contributed by atoms with Crippen LogP contribution in [-0.4, -0.2) is 26.5 Å². The fourth-order valence-corrected chi connectivity index (χ4v) is 1.69. The number of nitrogens with one attached hydrogen (secondary N) is 2. The molecule has 0 atom stereocenters. The van der Waals surface area contributed by atoms with Crippen LogP contribution in [0.4, 0.5) is 5.69 Å². The summed E-state index contributed by atoms with van der Waals surface area (Å²) in [6.07, 6.45) is 0.301. The molecule has 0 saturated carbocycles. The Labute approximate surface area is 99.5 Å². The van der Waals surface area contributed by atoms with Crippen LogP contribution in [0.1, 0.15) is 5.56 Å². The van der Waals surface area contributed by atoms with Gasteiger partial charge in [0.1, 0.15) is 5.84 Å². The Morgan fingerprint density at radius 1 is 1.41 bits per heavy atom. The van der Waals surface area contributed by atoms with Crippen LogP contribution in [0.3, 0.4) is 0 Å². The molecule has 5 N–H and O–H groups in total. The lowest BCUT2D eigenvalue weighted by atomic mass is 10.1. The molecule has 0 aliphatic rings. The molecule has 0 saturated heterocycles. The van der Waals surface area contributed by atoms with Crippen LogP contribution in [0.15, 0.2) is 29.4 Å². The highest BCUT2D eigenvalue weighted by atomic mass is 32.2. The third-order valence-corrected chi connectivity index (χ3v) is 3.03. The van der Waals surface area contributed by atoms with Gasteiger partial charge >= 0.3 is 0 Å². The Kier molecular flexibility index (Phi) is 4.30. The standard InChI is InChI=1S/C9H14N4O3S/c1-11-17(15,16)13-8-4-2-7(3-5-8)6-9(10)12-14/h2-5,11,13-14H,6H2,1H3,(H2,10,12). The summed E-state index contributed by atoms with van der Waals surface area (Å²) in [5.74, 6) is 0.0913. The van der Waals surface area contributed by atoms with Crippen molar-refractivity contribution in [2.24, 2.45) is 10.9 Å². The predicted molar refractivity (Wildman–Crippen MR) is 65.2 cm³/mol. The molecule has 0 heterocycles. The minimum absolute atomic E-state index is 0.0913. The summed E-state index contributed by atoms with van der Waals surface area (Å²) in [5, 5.41) is 11.3. The number of oxime groups is 1. The third kappa shape index (κ3) is 4.29. The largest absolute Gasteiger partial charge is 0.409 e. The molecule has 1 aromatic carbocycles. The lowest BCUT2D eigenvalue weighted by molar-refractivity contribution is 0.317. The van der Waals surface area contributed by atoms with E-state index in [0.717, 1.165) is 5.56 Å². The van der Waals surface area contributed by atoms with Crippen molar-refractivity contribution in [3.8, 4) is 0 Å². The molecule has 1 rings (SSSR count). The van der Waals surface area contributed by atoms with Gasteiger partial charge in [0.25, 0.3) is 10.2 Å². The van der Waals surface area contributed by atoms with E-state index < -0.39 is 10.2 Å². The summed E-state index contributed by atoms with van der Waals surface area (Å²) in [4.78, 5) is 0. The summed E-state index contributed by atoms with van der Waals surface area (Å²) in [5.41, 5.74) is 6.59. The SMILES string of the molecule is CNS(=O)(=O)Nc1ccc(C/C(N)=N/O)cc1. The van der Waals surface area contributed by atoms with E-state index in [2.05, 4.69) is 14.6 Å². The summed E-state index contributed by atoms with van der Waals surface area (Å²) in [7, 11) is -2.19. The molecule has 17 heavy (non-hydrogen) atoms. The van der Waals surface area contributed by atoms with Crippen molar-refractivity contribution in [2.45, 2.75) is 6.42 Å². The molecule has 0 radical (unpaired) electrons. The van der Waals surface area contributed by atoms with Gasteiger partial charge in [0.05, 0.1) is 0 Å². The van der Waals surface area contributed by atoms with Gasteiger partial charge in [-0.1, -0.05) is 17.3 Å². The van der Waals surface area contributed by atoms with Crippen LogP contribution in [-0.2, 0) is 16.6 Å². The quantitative estimate of drug-likeness (QED) is 0.254. The van der Waals surface area contributed by atoms with Gasteiger partial charge in [-0.2, -0.15) is 8.42 Å². The lowest BCUT2D eigenvalue weighted by Gasteiger charge is -2.07. The summed E-state index contributed by atoms with van der Waals surface area (Å²) in [6, 6.07) is 6.56. The second-order valence-electron chi connectivity index (χ2n) is 3.27. The topological polar surface area (TPSA) is 117 Å². The number of benzene rings is 1. The summed E-state index contributed by atoms with van der Waals surface area (Å²) < 4.78 is 26.8. The first-order chi connectivity index (χ1) is 7.96. The molecular weight excluding hydrogens is 244 g/mol. The van der Waals surface area contributed by atoms with E-state index in [1.807, 2.05) is 0 Å². The number of hydrogen-bond acceptors (Lipinski definition) is 4. The molecule has 1 aromatic rings. The van der Waals surface area contributed by atoms with Gasteiger partial charge in [-0.3, -0.25) is 4.72 Å². The molecule has 0 bridgehead atoms. The molecular formula is C9H14N4O3S. The van der Waals surface area contributed by atoms with Gasteiger partial charge in [0.2, 0.25) is 0 Å². The molecule has 0 spiro atoms. The van der Waals surface area contributed by atoms with E-state index in [9.17, 15) is 8.42 Å². The van der Waals surface area contributed by atoms with Crippen LogP contribution in [0.25, 0.3) is 0 Å². The number of nitrogens with two attached hydrogens (primary N) is 1. The zero-order chi connectivity index (χ0) is 12.9. The first-order valence-corrected chi connectivity index (χ1v) is 6.22. The Morgan fingerprint density at radius 3 is 2.47 bits per heavy atom. The molecule has 8 heteroatoms. The second-order valence-corrected chi connectivity index (χ2v) is 4.89. The van der Waals surface area contributed by atoms with Gasteiger partial charge in [-0.25, -0.2) is 4.72 Å². The fourth-order valence-electron chi connectivity index (χ4n) is 1.14. The minimum atomic E-state index is -3.50. The lowest BCUT2D eigenvalue weighted by Crippen LogP contribution is -2.26. The molecule has 0 unspecified atom stereocenters. The Bertz CT molecular complexity index is 495. The average molecular weight is 258 g/mol. The van der Waals surface area contributed by atoms with E-state index in [-0.39, 0.29) is 5.84 Å². The van der Waals surface area contributed by atoms with Crippen molar-refractivity contribution in [1.82, 2.24) is 4.72 Å². The highest BCUT2D eigenvalue weighted by Gasteiger charge is 2.05. The first kappa shape index (κ1) is 13.3. The van der Waals surface area contributed by atoms with Gasteiger partial charge in [-0.05, 0) is 17.7 Å². The molecule has 0 aliphatic heterocycles. The fraction of sp³-hybridized carbons (Fsp3) is 0.222. The van der Waals surface area contributed by atoms with Crippen LogP contribution in [0.5, 0.6) is 0 Å². The highest BCUT2D eigenvalue weighted by molar-refractivity contribution is 7.90. The van der Waals surface area contributed by atoms with Crippen molar-refractivity contribution in [3.63, 3.8) is 0 Å². The zero-order valence-corrected chi connectivity index (χ0v) is 10.0. The maximum absolute atomic E-state index is 11.2. The van der Waals surface area contributed by atoms with Crippen molar-refractivity contribution in [3.05, 3.63) is 29.8 Å². The van der Waals surface area contributed by atoms with Crippen LogP contribution >= 0.6 is 0 Å².